The third-order valence-electron chi connectivity index (χ3n) is 6.61. The van der Waals surface area contributed by atoms with Gasteiger partial charge in [-0.25, -0.2) is 9.78 Å². The number of carbonyl (C=O) groups is 1. The van der Waals surface area contributed by atoms with Crippen LogP contribution in [0.5, 0.6) is 0 Å². The van der Waals surface area contributed by atoms with Crippen molar-refractivity contribution >= 4 is 64.4 Å². The SMILES string of the molecule is O=C(O)c1ccccc1-c1ccc(-c2cnc(N(Cc3ccc(CP(=O)(OF)OF)c(Br)c3)c3ccc(Cl)c(Cl)c3)o2)cc1. The number of carboxylic acid groups (broad SMARTS) is 1. The van der Waals surface area contributed by atoms with E-state index in [1.54, 1.807) is 90.0 Å². The van der Waals surface area contributed by atoms with Gasteiger partial charge in [0.2, 0.25) is 0 Å². The number of nitrogens with zero attached hydrogens (tertiary/aromatic N) is 2. The first-order valence-corrected chi connectivity index (χ1v) is 16.0. The summed E-state index contributed by atoms with van der Waals surface area (Å²) in [6, 6.07) is 24.1. The zero-order valence-electron chi connectivity index (χ0n) is 22.3. The van der Waals surface area contributed by atoms with Crippen LogP contribution in [-0.2, 0) is 26.7 Å². The van der Waals surface area contributed by atoms with Crippen LogP contribution in [0.1, 0.15) is 21.5 Å². The molecule has 0 aliphatic carbocycles. The lowest BCUT2D eigenvalue weighted by molar-refractivity contribution is -0.0881. The molecule has 14 heteroatoms. The van der Waals surface area contributed by atoms with Gasteiger partial charge in [0, 0.05) is 15.7 Å². The molecule has 5 aromatic rings. The Bertz CT molecular complexity index is 1870. The molecule has 8 nitrogen and oxygen atoms in total. The van der Waals surface area contributed by atoms with Crippen LogP contribution in [0.15, 0.2) is 100 Å². The van der Waals surface area contributed by atoms with Crippen molar-refractivity contribution in [1.82, 2.24) is 4.98 Å². The van der Waals surface area contributed by atoms with Crippen LogP contribution < -0.4 is 4.90 Å². The Morgan fingerprint density at radius 2 is 1.66 bits per heavy atom. The molecule has 0 spiro atoms. The highest BCUT2D eigenvalue weighted by atomic mass is 79.9. The minimum absolute atomic E-state index is 0.194. The minimum atomic E-state index is -4.58. The van der Waals surface area contributed by atoms with Crippen molar-refractivity contribution in [3.8, 4) is 22.5 Å². The van der Waals surface area contributed by atoms with Gasteiger partial charge < -0.3 is 9.52 Å². The van der Waals surface area contributed by atoms with Gasteiger partial charge >= 0.3 is 19.6 Å². The van der Waals surface area contributed by atoms with Crippen molar-refractivity contribution in [2.45, 2.75) is 12.7 Å². The first-order valence-electron chi connectivity index (χ1n) is 12.7. The molecule has 1 heterocycles. The largest absolute Gasteiger partial charge is 0.478 e. The van der Waals surface area contributed by atoms with E-state index in [2.05, 4.69) is 30.4 Å². The van der Waals surface area contributed by atoms with Gasteiger partial charge in [-0.05, 0) is 61.6 Å². The lowest BCUT2D eigenvalue weighted by Gasteiger charge is -2.22. The van der Waals surface area contributed by atoms with Gasteiger partial charge in [0.25, 0.3) is 0 Å². The summed E-state index contributed by atoms with van der Waals surface area (Å²) in [5.74, 6) is -0.566. The molecular weight excluding hydrogens is 704 g/mol. The second-order valence-electron chi connectivity index (χ2n) is 9.45. The van der Waals surface area contributed by atoms with Crippen LogP contribution in [0.3, 0.4) is 0 Å². The van der Waals surface area contributed by atoms with Crippen LogP contribution in [0, 0.1) is 0 Å². The van der Waals surface area contributed by atoms with E-state index in [9.17, 15) is 23.5 Å². The number of aromatic carboxylic acids is 1. The Morgan fingerprint density at radius 3 is 2.32 bits per heavy atom. The van der Waals surface area contributed by atoms with Crippen LogP contribution in [0.25, 0.3) is 22.5 Å². The lowest BCUT2D eigenvalue weighted by atomic mass is 9.98. The molecule has 5 rings (SSSR count). The van der Waals surface area contributed by atoms with Crippen LogP contribution in [0.4, 0.5) is 20.8 Å². The summed E-state index contributed by atoms with van der Waals surface area (Å²) in [6.07, 6.45) is 0.922. The summed E-state index contributed by atoms with van der Waals surface area (Å²) in [5.41, 5.74) is 3.83. The summed E-state index contributed by atoms with van der Waals surface area (Å²) in [7, 11) is -4.58. The monoisotopic (exact) mass is 722 g/mol. The number of anilines is 2. The number of carboxylic acids is 1. The third kappa shape index (κ3) is 7.04. The summed E-state index contributed by atoms with van der Waals surface area (Å²) in [6.45, 7) is 0.207. The summed E-state index contributed by atoms with van der Waals surface area (Å²) >= 11 is 15.8. The third-order valence-corrected chi connectivity index (χ3v) is 9.24. The molecular formula is C30H20BrCl2F2N2O6P. The van der Waals surface area contributed by atoms with Crippen molar-refractivity contribution in [2.75, 3.05) is 4.90 Å². The second-order valence-corrected chi connectivity index (χ2v) is 12.9. The smallest absolute Gasteiger partial charge is 0.399 e. The Kier molecular flexibility index (Phi) is 9.84. The average Bonchev–Trinajstić information content (AvgIpc) is 3.52. The predicted molar refractivity (Wildman–Crippen MR) is 166 cm³/mol. The standard InChI is InChI=1S/C30H20BrCl2F2N2O6P/c31-25-13-18(5-6-21(25)17-44(40,42-34)43-35)16-37(22-11-12-26(32)27(33)14-22)30-36-15-28(41-30)20-9-7-19(8-10-20)23-3-1-2-4-24(23)29(38)39/h1-15H,16-17H2,(H,38,39). The van der Waals surface area contributed by atoms with Gasteiger partial charge in [-0.15, -0.1) is 9.46 Å². The maximum absolute atomic E-state index is 12.6. The van der Waals surface area contributed by atoms with Gasteiger partial charge in [0.05, 0.1) is 34.5 Å². The highest BCUT2D eigenvalue weighted by molar-refractivity contribution is 9.10. The fraction of sp³-hybridized carbons (Fsp3) is 0.0667. The maximum atomic E-state index is 12.6. The van der Waals surface area contributed by atoms with Crippen LogP contribution in [0.2, 0.25) is 10.0 Å². The molecule has 0 unspecified atom stereocenters. The first kappa shape index (κ1) is 31.8. The summed E-state index contributed by atoms with van der Waals surface area (Å²) in [4.78, 5) is 17.9. The highest BCUT2D eigenvalue weighted by Gasteiger charge is 2.29. The van der Waals surface area contributed by atoms with Gasteiger partial charge in [-0.1, -0.05) is 93.7 Å². The Hall–Kier alpha value is -3.57. The molecule has 0 saturated heterocycles. The molecule has 0 aliphatic heterocycles. The Morgan fingerprint density at radius 1 is 0.955 bits per heavy atom. The van der Waals surface area contributed by atoms with E-state index in [1.807, 2.05) is 0 Å². The van der Waals surface area contributed by atoms with Gasteiger partial charge in [-0.3, -0.25) is 9.46 Å². The number of rotatable bonds is 11. The molecule has 0 radical (unpaired) electrons. The van der Waals surface area contributed by atoms with Gasteiger partial charge in [0.1, 0.15) is 0 Å². The molecule has 4 aromatic carbocycles. The molecule has 44 heavy (non-hydrogen) atoms. The maximum Gasteiger partial charge on any atom is 0.399 e. The van der Waals surface area contributed by atoms with E-state index in [4.69, 9.17) is 27.6 Å². The van der Waals surface area contributed by atoms with Gasteiger partial charge in [0.15, 0.2) is 5.76 Å². The topological polar surface area (TPSA) is 102 Å². The summed E-state index contributed by atoms with van der Waals surface area (Å²) in [5, 5.41) is 10.2. The van der Waals surface area contributed by atoms with Crippen molar-refractivity contribution in [2.24, 2.45) is 0 Å². The molecule has 0 fully saturated rings. The lowest BCUT2D eigenvalue weighted by Crippen LogP contribution is -2.17. The van der Waals surface area contributed by atoms with Crippen molar-refractivity contribution in [3.63, 3.8) is 0 Å². The molecule has 1 aromatic heterocycles. The molecule has 1 N–H and O–H groups in total. The molecule has 0 saturated carbocycles. The van der Waals surface area contributed by atoms with Gasteiger partial charge in [-0.2, -0.15) is 0 Å². The van der Waals surface area contributed by atoms with E-state index in [1.165, 1.54) is 6.07 Å². The number of hydrogen-bond donors (Lipinski definition) is 1. The fourth-order valence-electron chi connectivity index (χ4n) is 4.45. The number of oxazole rings is 1. The van der Waals surface area contributed by atoms with Crippen molar-refractivity contribution in [3.05, 3.63) is 122 Å². The number of halogens is 5. The fourth-order valence-corrected chi connectivity index (χ4v) is 6.34. The van der Waals surface area contributed by atoms with E-state index in [-0.39, 0.29) is 18.1 Å². The predicted octanol–water partition coefficient (Wildman–Crippen LogP) is 10.6. The molecule has 0 amide bonds. The molecule has 0 bridgehead atoms. The number of hydrogen-bond acceptors (Lipinski definition) is 7. The quantitative estimate of drug-likeness (QED) is 0.134. The Balaban J connectivity index is 1.45. The van der Waals surface area contributed by atoms with Crippen molar-refractivity contribution in [1.29, 1.82) is 0 Å². The normalized spacial score (nSPS) is 11.5. The minimum Gasteiger partial charge on any atom is -0.478 e. The number of aromatic nitrogens is 1. The summed E-state index contributed by atoms with van der Waals surface area (Å²) < 4.78 is 50.2. The second kappa shape index (κ2) is 13.6. The van der Waals surface area contributed by atoms with E-state index in [0.717, 1.165) is 5.56 Å². The van der Waals surface area contributed by atoms with Crippen molar-refractivity contribution < 1.29 is 37.4 Å². The van der Waals surface area contributed by atoms with Crippen LogP contribution >= 0.6 is 46.7 Å². The molecule has 0 aliphatic rings. The zero-order chi connectivity index (χ0) is 31.4. The zero-order valence-corrected chi connectivity index (χ0v) is 26.3. The average molecular weight is 724 g/mol. The van der Waals surface area contributed by atoms with E-state index < -0.39 is 19.7 Å². The molecule has 226 valence electrons. The van der Waals surface area contributed by atoms with Crippen LogP contribution in [-0.4, -0.2) is 16.1 Å². The van der Waals surface area contributed by atoms with E-state index in [0.29, 0.717) is 48.2 Å². The number of benzene rings is 4. The Labute approximate surface area is 268 Å². The van der Waals surface area contributed by atoms with E-state index >= 15 is 0 Å². The first-order chi connectivity index (χ1) is 21.1. The molecule has 0 atom stereocenters. The highest BCUT2D eigenvalue weighted by Crippen LogP contribution is 2.53.